The van der Waals surface area contributed by atoms with E-state index in [1.807, 2.05) is 302 Å². The van der Waals surface area contributed by atoms with Crippen molar-refractivity contribution in [3.8, 4) is 59.2 Å². The second-order valence-corrected chi connectivity index (χ2v) is 25.2. The Labute approximate surface area is 667 Å². The molecule has 4 aliphatic heterocycles. The van der Waals surface area contributed by atoms with E-state index in [1.54, 1.807) is 14.7 Å². The highest BCUT2D eigenvalue weighted by atomic mass is 16.5. The number of ether oxygens (including phenoxy) is 1. The molecule has 2 atom stereocenters. The lowest BCUT2D eigenvalue weighted by molar-refractivity contribution is -0.122. The van der Waals surface area contributed by atoms with Crippen molar-refractivity contribution in [3.63, 3.8) is 0 Å². The standard InChI is InChI=1S/C22H21NO2.C20H19NO.C18H16O.2C17H13NO.4C2H6/c1-2-20(24)11-7-13-22(25)23-16-19-10-4-3-8-17(19)14-15-18-9-5-6-12-21(18)23;1-3-15(2)20(22)21-14-18-10-5-4-8-16(18)12-13-17-9-6-7-11-19(17)21;1-2-19-18-13-16-9-4-3-7-14(16)11-12-15-8-5-6-10-17(15)18;2*1-2-18-16-10-6-4-8-14(16)12-11-13-7-3-5-9-15(13)17(18)19;4*1-2/h3-6,8-10,12H,2,7,11,13,16H2,1H3;4-11,15H,3,14H2,1-2H3;3-10,18H,2,13H2,1H3;2*3-10H,2H2,1H3;4*1-2H3. The summed E-state index contributed by atoms with van der Waals surface area (Å²) >= 11 is 0. The highest BCUT2D eigenvalue weighted by Gasteiger charge is 2.27. The fourth-order valence-corrected chi connectivity index (χ4v) is 12.7. The third kappa shape index (κ3) is 22.8. The summed E-state index contributed by atoms with van der Waals surface area (Å²) in [6, 6.07) is 78.8. The molecule has 0 saturated heterocycles. The van der Waals surface area contributed by atoms with Crippen LogP contribution in [-0.4, -0.2) is 49.1 Å². The van der Waals surface area contributed by atoms with E-state index in [1.165, 1.54) is 11.1 Å². The molecular weight excluding hydrogens is 1380 g/mol. The second-order valence-electron chi connectivity index (χ2n) is 25.2. The van der Waals surface area contributed by atoms with Crippen LogP contribution in [0.4, 0.5) is 22.7 Å². The van der Waals surface area contributed by atoms with Gasteiger partial charge in [-0.15, -0.1) is 0 Å². The van der Waals surface area contributed by atoms with Gasteiger partial charge in [0, 0.05) is 107 Å². The number of para-hydroxylation sites is 4. The van der Waals surface area contributed by atoms with Gasteiger partial charge in [-0.3, -0.25) is 24.0 Å². The summed E-state index contributed by atoms with van der Waals surface area (Å²) in [4.78, 5) is 69.7. The van der Waals surface area contributed by atoms with Crippen LogP contribution in [0.15, 0.2) is 243 Å². The molecule has 10 heteroatoms. The zero-order valence-corrected chi connectivity index (χ0v) is 67.8. The number of Topliss-reactive ketones (excluding diaryl/α,β-unsaturated/α-hetero) is 1. The van der Waals surface area contributed by atoms with Gasteiger partial charge in [-0.05, 0) is 153 Å². The van der Waals surface area contributed by atoms with E-state index in [9.17, 15) is 24.0 Å². The zero-order chi connectivity index (χ0) is 80.7. The minimum Gasteiger partial charge on any atom is -0.373 e. The second kappa shape index (κ2) is 46.1. The molecule has 10 aromatic carbocycles. The van der Waals surface area contributed by atoms with Gasteiger partial charge in [0.1, 0.15) is 5.78 Å². The predicted octanol–water partition coefficient (Wildman–Crippen LogP) is 22.0. The number of fused-ring (bicyclic) bond motifs is 10. The topological polar surface area (TPSA) is 108 Å². The number of benzene rings is 10. The first-order valence-electron chi connectivity index (χ1n) is 39.8. The number of hydrogen-bond donors (Lipinski definition) is 0. The maximum atomic E-state index is 12.9. The highest BCUT2D eigenvalue weighted by molar-refractivity contribution is 6.10. The van der Waals surface area contributed by atoms with Crippen LogP contribution in [0.3, 0.4) is 0 Å². The Morgan fingerprint density at radius 2 is 0.696 bits per heavy atom. The summed E-state index contributed by atoms with van der Waals surface area (Å²) in [6.07, 6.45) is 3.78. The largest absolute Gasteiger partial charge is 0.373 e. The van der Waals surface area contributed by atoms with Crippen LogP contribution in [0.5, 0.6) is 0 Å². The average molecular weight is 1480 g/mol. The maximum absolute atomic E-state index is 12.9. The van der Waals surface area contributed by atoms with Crippen molar-refractivity contribution in [1.82, 2.24) is 0 Å². The molecule has 0 fully saturated rings. The Kier molecular flexibility index (Phi) is 35.7. The molecule has 112 heavy (non-hydrogen) atoms. The fourth-order valence-electron chi connectivity index (χ4n) is 12.7. The Hall–Kier alpha value is -12.5. The van der Waals surface area contributed by atoms with E-state index in [4.69, 9.17) is 4.74 Å². The Balaban J connectivity index is 0.000000190. The van der Waals surface area contributed by atoms with Gasteiger partial charge < -0.3 is 24.3 Å². The van der Waals surface area contributed by atoms with E-state index in [0.29, 0.717) is 69.6 Å². The predicted molar refractivity (Wildman–Crippen MR) is 463 cm³/mol. The number of ketones is 1. The average Bonchev–Trinajstić information content (AvgIpc) is 0.810. The van der Waals surface area contributed by atoms with Crippen LogP contribution >= 0.6 is 0 Å². The lowest BCUT2D eigenvalue weighted by atomic mass is 9.92. The normalized spacial score (nSPS) is 12.7. The molecule has 10 nitrogen and oxygen atoms in total. The Bertz CT molecular complexity index is 5060. The quantitative estimate of drug-likeness (QED) is 0.119. The number of amides is 4. The van der Waals surface area contributed by atoms with Crippen LogP contribution < -0.4 is 19.6 Å². The zero-order valence-electron chi connectivity index (χ0n) is 67.8. The van der Waals surface area contributed by atoms with Crippen molar-refractivity contribution in [2.45, 2.75) is 155 Å². The summed E-state index contributed by atoms with van der Waals surface area (Å²) in [5, 5.41) is 0. The molecule has 4 amide bonds. The van der Waals surface area contributed by atoms with Gasteiger partial charge in [-0.25, -0.2) is 0 Å². The molecule has 2 unspecified atom stereocenters. The van der Waals surface area contributed by atoms with Gasteiger partial charge in [-0.1, -0.05) is 281 Å². The first kappa shape index (κ1) is 86.7. The van der Waals surface area contributed by atoms with Crippen molar-refractivity contribution in [3.05, 3.63) is 332 Å². The Morgan fingerprint density at radius 1 is 0.375 bits per heavy atom. The van der Waals surface area contributed by atoms with Crippen LogP contribution in [0, 0.1) is 65.1 Å². The van der Waals surface area contributed by atoms with E-state index in [2.05, 4.69) is 102 Å². The molecule has 0 saturated carbocycles. The van der Waals surface area contributed by atoms with Gasteiger partial charge in [0.05, 0.1) is 53.1 Å². The minimum absolute atomic E-state index is 0.00704. The monoisotopic (exact) mass is 1480 g/mol. The SMILES string of the molecule is CC.CC.CC.CC.CCC(=O)CCCC(=O)N1Cc2ccccc2C#Cc2ccccc21.CCC(C)C(=O)N1Cc2ccccc2C#Cc2ccccc21.CCN1C(=O)c2ccccc2C#Cc2ccccc21.CCN1C(=O)c2ccccc2C#Cc2ccccc21.CCOC1Cc2ccccc2C#Cc2ccccc21. The first-order valence-corrected chi connectivity index (χ1v) is 39.8. The Morgan fingerprint density at radius 3 is 1.12 bits per heavy atom. The summed E-state index contributed by atoms with van der Waals surface area (Å²) in [5.74, 6) is 32.4. The summed E-state index contributed by atoms with van der Waals surface area (Å²) in [5.41, 5.74) is 18.8. The van der Waals surface area contributed by atoms with Crippen LogP contribution in [-0.2, 0) is 38.6 Å². The third-order valence-electron chi connectivity index (χ3n) is 18.5. The number of nitrogens with zero attached hydrogens (tertiary/aromatic N) is 4. The number of rotatable bonds is 11. The van der Waals surface area contributed by atoms with Crippen molar-refractivity contribution in [2.24, 2.45) is 5.92 Å². The van der Waals surface area contributed by atoms with Crippen molar-refractivity contribution in [1.29, 1.82) is 0 Å². The molecule has 10 aromatic rings. The number of carbonyl (C=O) groups is 5. The highest BCUT2D eigenvalue weighted by Crippen LogP contribution is 2.32. The molecule has 0 spiro atoms. The minimum atomic E-state index is 0.00704. The van der Waals surface area contributed by atoms with Crippen molar-refractivity contribution < 1.29 is 28.7 Å². The number of carbonyl (C=O) groups excluding carboxylic acids is 5. The van der Waals surface area contributed by atoms with E-state index >= 15 is 0 Å². The fraction of sp³-hybridized carbons (Fsp3) is 0.265. The third-order valence-corrected chi connectivity index (χ3v) is 18.5. The molecule has 0 N–H and O–H groups in total. The molecule has 0 radical (unpaired) electrons. The number of hydrogen-bond acceptors (Lipinski definition) is 6. The van der Waals surface area contributed by atoms with Gasteiger partial charge in [0.25, 0.3) is 11.8 Å². The van der Waals surface area contributed by atoms with Crippen molar-refractivity contribution >= 4 is 52.2 Å². The molecule has 15 rings (SSSR count). The van der Waals surface area contributed by atoms with Crippen molar-refractivity contribution in [2.75, 3.05) is 39.3 Å². The van der Waals surface area contributed by atoms with E-state index < -0.39 is 0 Å². The molecule has 1 aliphatic carbocycles. The van der Waals surface area contributed by atoms with Gasteiger partial charge >= 0.3 is 0 Å². The molecule has 0 bridgehead atoms. The van der Waals surface area contributed by atoms with Crippen LogP contribution in [0.25, 0.3) is 0 Å². The molecule has 5 aliphatic rings. The van der Waals surface area contributed by atoms with Gasteiger partial charge in [0.15, 0.2) is 0 Å². The number of anilines is 4. The molecule has 0 aromatic heterocycles. The lowest BCUT2D eigenvalue weighted by Gasteiger charge is -2.28. The summed E-state index contributed by atoms with van der Waals surface area (Å²) in [7, 11) is 0. The van der Waals surface area contributed by atoms with Crippen LogP contribution in [0.2, 0.25) is 0 Å². The van der Waals surface area contributed by atoms with Gasteiger partial charge in [0.2, 0.25) is 11.8 Å². The van der Waals surface area contributed by atoms with Gasteiger partial charge in [-0.2, -0.15) is 0 Å². The molecule has 4 heterocycles. The molecule has 570 valence electrons. The lowest BCUT2D eigenvalue weighted by Crippen LogP contribution is -2.35. The summed E-state index contributed by atoms with van der Waals surface area (Å²) in [6.45, 7) is 30.9. The van der Waals surface area contributed by atoms with E-state index in [-0.39, 0.29) is 41.4 Å². The first-order chi connectivity index (χ1) is 54.9. The molecular formula is C102H106N4O6. The smallest absolute Gasteiger partial charge is 0.259 e. The maximum Gasteiger partial charge on any atom is 0.259 e. The van der Waals surface area contributed by atoms with Crippen LogP contribution in [0.1, 0.15) is 234 Å². The van der Waals surface area contributed by atoms with E-state index in [0.717, 1.165) is 102 Å². The summed E-state index contributed by atoms with van der Waals surface area (Å²) < 4.78 is 5.93.